The summed E-state index contributed by atoms with van der Waals surface area (Å²) in [5.74, 6) is 0.774. The van der Waals surface area contributed by atoms with Crippen molar-refractivity contribution < 1.29 is 9.84 Å². The van der Waals surface area contributed by atoms with Crippen LogP contribution in [-0.4, -0.2) is 23.2 Å². The minimum Gasteiger partial charge on any atom is -0.497 e. The van der Waals surface area contributed by atoms with E-state index in [2.05, 4.69) is 17.2 Å². The molecule has 110 valence electrons. The Morgan fingerprint density at radius 1 is 1.38 bits per heavy atom. The van der Waals surface area contributed by atoms with Crippen LogP contribution in [0.5, 0.6) is 5.75 Å². The molecule has 4 nitrogen and oxygen atoms in total. The number of rotatable bonds is 3. The molecular weight excluding hydrogens is 264 g/mol. The molecule has 1 aliphatic heterocycles. The van der Waals surface area contributed by atoms with Crippen molar-refractivity contribution in [3.05, 3.63) is 47.8 Å². The lowest BCUT2D eigenvalue weighted by Gasteiger charge is -2.28. The largest absolute Gasteiger partial charge is 0.497 e. The third-order valence-corrected chi connectivity index (χ3v) is 4.08. The summed E-state index contributed by atoms with van der Waals surface area (Å²) in [4.78, 5) is 4.36. The first-order chi connectivity index (χ1) is 10.2. The fourth-order valence-electron chi connectivity index (χ4n) is 2.79. The molecule has 0 amide bonds. The smallest absolute Gasteiger partial charge is 0.119 e. The molecule has 0 radical (unpaired) electrons. The molecule has 3 rings (SSSR count). The predicted molar refractivity (Wildman–Crippen MR) is 83.2 cm³/mol. The first-order valence-corrected chi connectivity index (χ1v) is 7.21. The summed E-state index contributed by atoms with van der Waals surface area (Å²) in [6.07, 6.45) is 5.13. The van der Waals surface area contributed by atoms with E-state index in [4.69, 9.17) is 4.74 Å². The Bertz CT molecular complexity index is 682. The van der Waals surface area contributed by atoms with Crippen LogP contribution in [0, 0.1) is 0 Å². The topological polar surface area (TPSA) is 54.4 Å². The number of hydrogen-bond acceptors (Lipinski definition) is 4. The van der Waals surface area contributed by atoms with Gasteiger partial charge < -0.3 is 15.2 Å². The standard InChI is InChI=1S/C17H20N2O2/c1-11-3-5-16(19-10-11)17(20)13-7-8-18-15-6-4-12(21-2)9-14(13)15/h4,6-10,16-17,19-20H,3,5H2,1-2H3/t16-,17+/m0/s1. The number of nitrogens with zero attached hydrogens (tertiary/aromatic N) is 1. The molecule has 1 aromatic carbocycles. The Labute approximate surface area is 124 Å². The zero-order chi connectivity index (χ0) is 14.8. The van der Waals surface area contributed by atoms with Gasteiger partial charge in [-0.2, -0.15) is 0 Å². The van der Waals surface area contributed by atoms with Gasteiger partial charge in [0, 0.05) is 11.6 Å². The second-order valence-electron chi connectivity index (χ2n) is 5.53. The van der Waals surface area contributed by atoms with Crippen molar-refractivity contribution in [2.45, 2.75) is 31.9 Å². The molecule has 4 heteroatoms. The highest BCUT2D eigenvalue weighted by Crippen LogP contribution is 2.30. The summed E-state index contributed by atoms with van der Waals surface area (Å²) in [5, 5.41) is 15.0. The second-order valence-corrected chi connectivity index (χ2v) is 5.53. The summed E-state index contributed by atoms with van der Waals surface area (Å²) >= 11 is 0. The van der Waals surface area contributed by atoms with Crippen LogP contribution in [0.15, 0.2) is 42.2 Å². The first-order valence-electron chi connectivity index (χ1n) is 7.21. The van der Waals surface area contributed by atoms with Crippen molar-refractivity contribution in [2.24, 2.45) is 0 Å². The summed E-state index contributed by atoms with van der Waals surface area (Å²) in [7, 11) is 1.64. The summed E-state index contributed by atoms with van der Waals surface area (Å²) < 4.78 is 5.28. The number of aliphatic hydroxyl groups is 1. The van der Waals surface area contributed by atoms with Crippen LogP contribution in [0.4, 0.5) is 0 Å². The number of pyridine rings is 1. The van der Waals surface area contributed by atoms with Crippen molar-refractivity contribution in [2.75, 3.05) is 7.11 Å². The minimum absolute atomic E-state index is 0.0329. The number of fused-ring (bicyclic) bond motifs is 1. The fourth-order valence-corrected chi connectivity index (χ4v) is 2.79. The van der Waals surface area contributed by atoms with E-state index in [1.165, 1.54) is 5.57 Å². The Morgan fingerprint density at radius 3 is 2.95 bits per heavy atom. The third-order valence-electron chi connectivity index (χ3n) is 4.08. The monoisotopic (exact) mass is 284 g/mol. The molecule has 0 fully saturated rings. The summed E-state index contributed by atoms with van der Waals surface area (Å²) in [6, 6.07) is 7.66. The molecular formula is C17H20N2O2. The molecule has 0 saturated carbocycles. The van der Waals surface area contributed by atoms with Gasteiger partial charge in [0.05, 0.1) is 24.8 Å². The van der Waals surface area contributed by atoms with Gasteiger partial charge in [0.2, 0.25) is 0 Å². The summed E-state index contributed by atoms with van der Waals surface area (Å²) in [5.41, 5.74) is 3.08. The van der Waals surface area contributed by atoms with E-state index in [-0.39, 0.29) is 6.04 Å². The Kier molecular flexibility index (Phi) is 3.80. The molecule has 2 aromatic rings. The molecule has 0 spiro atoms. The minimum atomic E-state index is -0.563. The van der Waals surface area contributed by atoms with Crippen molar-refractivity contribution >= 4 is 10.9 Å². The number of aromatic nitrogens is 1. The van der Waals surface area contributed by atoms with Gasteiger partial charge in [-0.25, -0.2) is 0 Å². The molecule has 1 aromatic heterocycles. The van der Waals surface area contributed by atoms with Gasteiger partial charge in [-0.1, -0.05) is 5.57 Å². The highest BCUT2D eigenvalue weighted by atomic mass is 16.5. The number of methoxy groups -OCH3 is 1. The molecule has 1 aliphatic rings. The number of benzene rings is 1. The van der Waals surface area contributed by atoms with Gasteiger partial charge in [-0.3, -0.25) is 4.98 Å². The first kappa shape index (κ1) is 13.9. The van der Waals surface area contributed by atoms with Crippen LogP contribution in [0.2, 0.25) is 0 Å². The lowest BCUT2D eigenvalue weighted by molar-refractivity contribution is 0.129. The highest BCUT2D eigenvalue weighted by Gasteiger charge is 2.23. The van der Waals surface area contributed by atoms with Gasteiger partial charge in [0.15, 0.2) is 0 Å². The van der Waals surface area contributed by atoms with E-state index in [1.54, 1.807) is 13.3 Å². The average Bonchev–Trinajstić information content (AvgIpc) is 2.54. The van der Waals surface area contributed by atoms with Crippen LogP contribution in [0.3, 0.4) is 0 Å². The van der Waals surface area contributed by atoms with Crippen molar-refractivity contribution in [1.29, 1.82) is 0 Å². The number of hydrogen-bond donors (Lipinski definition) is 2. The van der Waals surface area contributed by atoms with Crippen LogP contribution < -0.4 is 10.1 Å². The van der Waals surface area contributed by atoms with Crippen molar-refractivity contribution in [3.8, 4) is 5.75 Å². The maximum Gasteiger partial charge on any atom is 0.119 e. The molecule has 0 aliphatic carbocycles. The average molecular weight is 284 g/mol. The van der Waals surface area contributed by atoms with Gasteiger partial charge >= 0.3 is 0 Å². The quantitative estimate of drug-likeness (QED) is 0.910. The predicted octanol–water partition coefficient (Wildman–Crippen LogP) is 2.93. The summed E-state index contributed by atoms with van der Waals surface area (Å²) in [6.45, 7) is 2.10. The van der Waals surface area contributed by atoms with Crippen LogP contribution >= 0.6 is 0 Å². The lowest BCUT2D eigenvalue weighted by Crippen LogP contribution is -2.34. The Morgan fingerprint density at radius 2 is 2.24 bits per heavy atom. The van der Waals surface area contributed by atoms with E-state index in [0.29, 0.717) is 0 Å². The van der Waals surface area contributed by atoms with E-state index < -0.39 is 6.10 Å². The SMILES string of the molecule is COc1ccc2nccc([C@@H](O)[C@@H]3CCC(C)=CN3)c2c1. The van der Waals surface area contributed by atoms with Crippen molar-refractivity contribution in [1.82, 2.24) is 10.3 Å². The van der Waals surface area contributed by atoms with Gasteiger partial charge in [-0.05, 0) is 55.8 Å². The van der Waals surface area contributed by atoms with Crippen LogP contribution in [0.1, 0.15) is 31.4 Å². The number of nitrogens with one attached hydrogen (secondary N) is 1. The zero-order valence-corrected chi connectivity index (χ0v) is 12.3. The molecule has 0 bridgehead atoms. The van der Waals surface area contributed by atoms with Gasteiger partial charge in [-0.15, -0.1) is 0 Å². The lowest BCUT2D eigenvalue weighted by atomic mass is 9.93. The normalized spacial score (nSPS) is 19.8. The number of allylic oxidation sites excluding steroid dienone is 1. The Hall–Kier alpha value is -2.07. The molecule has 2 atom stereocenters. The Balaban J connectivity index is 1.99. The van der Waals surface area contributed by atoms with Gasteiger partial charge in [0.25, 0.3) is 0 Å². The van der Waals surface area contributed by atoms with Crippen LogP contribution in [-0.2, 0) is 0 Å². The number of ether oxygens (including phenoxy) is 1. The van der Waals surface area contributed by atoms with Crippen LogP contribution in [0.25, 0.3) is 10.9 Å². The van der Waals surface area contributed by atoms with Gasteiger partial charge in [0.1, 0.15) is 5.75 Å². The van der Waals surface area contributed by atoms with Crippen molar-refractivity contribution in [3.63, 3.8) is 0 Å². The molecule has 2 N–H and O–H groups in total. The van der Waals surface area contributed by atoms with E-state index >= 15 is 0 Å². The second kappa shape index (κ2) is 5.74. The number of aliphatic hydroxyl groups excluding tert-OH is 1. The maximum absolute atomic E-state index is 10.7. The molecule has 0 unspecified atom stereocenters. The van der Waals surface area contributed by atoms with E-state index in [0.717, 1.165) is 35.1 Å². The molecule has 0 saturated heterocycles. The molecule has 2 heterocycles. The third kappa shape index (κ3) is 2.72. The maximum atomic E-state index is 10.7. The van der Waals surface area contributed by atoms with E-state index in [1.807, 2.05) is 30.5 Å². The fraction of sp³-hybridized carbons (Fsp3) is 0.353. The van der Waals surface area contributed by atoms with E-state index in [9.17, 15) is 5.11 Å². The highest BCUT2D eigenvalue weighted by molar-refractivity contribution is 5.83. The molecule has 21 heavy (non-hydrogen) atoms. The zero-order valence-electron chi connectivity index (χ0n) is 12.3.